The lowest BCUT2D eigenvalue weighted by atomic mass is 10.1. The van der Waals surface area contributed by atoms with E-state index in [4.69, 9.17) is 0 Å². The number of aromatic nitrogens is 3. The molecule has 0 bridgehead atoms. The molecule has 1 aliphatic heterocycles. The van der Waals surface area contributed by atoms with Gasteiger partial charge in [-0.15, -0.1) is 0 Å². The lowest BCUT2D eigenvalue weighted by Crippen LogP contribution is -2.47. The topological polar surface area (TPSA) is 110 Å². The van der Waals surface area contributed by atoms with E-state index in [9.17, 15) is 10.1 Å². The van der Waals surface area contributed by atoms with Crippen LogP contribution in [-0.4, -0.2) is 38.2 Å². The van der Waals surface area contributed by atoms with E-state index in [1.165, 1.54) is 6.07 Å². The molecule has 9 nitrogen and oxygen atoms in total. The van der Waals surface area contributed by atoms with Crippen LogP contribution in [0.3, 0.4) is 0 Å². The van der Waals surface area contributed by atoms with Crippen LogP contribution in [-0.2, 0) is 25.9 Å². The highest BCUT2D eigenvalue weighted by Crippen LogP contribution is 2.15. The van der Waals surface area contributed by atoms with Gasteiger partial charge in [-0.3, -0.25) is 10.1 Å². The van der Waals surface area contributed by atoms with E-state index in [2.05, 4.69) is 32.6 Å². The summed E-state index contributed by atoms with van der Waals surface area (Å²) in [5.41, 5.74) is 0.884. The van der Waals surface area contributed by atoms with Crippen LogP contribution in [0.2, 0.25) is 0 Å². The number of hydrogen-bond donors (Lipinski definition) is 2. The Kier molecular flexibility index (Phi) is 6.00. The van der Waals surface area contributed by atoms with Crippen LogP contribution in [0.25, 0.3) is 0 Å². The first-order chi connectivity index (χ1) is 13.1. The van der Waals surface area contributed by atoms with Crippen LogP contribution in [0.15, 0.2) is 29.3 Å². The third-order valence-electron chi connectivity index (χ3n) is 4.44. The van der Waals surface area contributed by atoms with E-state index in [1.54, 1.807) is 12.1 Å². The van der Waals surface area contributed by atoms with Gasteiger partial charge >= 0.3 is 0 Å². The van der Waals surface area contributed by atoms with Gasteiger partial charge in [-0.05, 0) is 18.9 Å². The zero-order chi connectivity index (χ0) is 19.2. The summed E-state index contributed by atoms with van der Waals surface area (Å²) in [4.78, 5) is 19.6. The van der Waals surface area contributed by atoms with Gasteiger partial charge in [-0.25, -0.2) is 14.7 Å². The minimum atomic E-state index is -0.390. The van der Waals surface area contributed by atoms with Crippen molar-refractivity contribution in [1.29, 1.82) is 0 Å². The number of nitrogens with zero attached hydrogens (tertiary/aromatic N) is 5. The van der Waals surface area contributed by atoms with Crippen molar-refractivity contribution in [2.24, 2.45) is 4.99 Å². The third-order valence-corrected chi connectivity index (χ3v) is 4.44. The molecule has 9 heteroatoms. The van der Waals surface area contributed by atoms with Crippen LogP contribution in [0.4, 0.5) is 5.69 Å². The lowest BCUT2D eigenvalue weighted by Gasteiger charge is -2.25. The van der Waals surface area contributed by atoms with E-state index < -0.39 is 0 Å². The number of non-ortho nitro benzene ring substituents is 1. The van der Waals surface area contributed by atoms with Gasteiger partial charge < -0.3 is 10.6 Å². The number of fused-ring (bicyclic) bond motifs is 1. The maximum Gasteiger partial charge on any atom is 0.269 e. The molecule has 1 aromatic carbocycles. The van der Waals surface area contributed by atoms with Gasteiger partial charge in [-0.2, -0.15) is 5.10 Å². The van der Waals surface area contributed by atoms with Gasteiger partial charge in [0, 0.05) is 37.6 Å². The van der Waals surface area contributed by atoms with Crippen LogP contribution >= 0.6 is 0 Å². The van der Waals surface area contributed by atoms with Crippen molar-refractivity contribution in [1.82, 2.24) is 25.4 Å². The Hall–Kier alpha value is -2.97. The van der Waals surface area contributed by atoms with Crippen LogP contribution < -0.4 is 10.6 Å². The maximum atomic E-state index is 10.9. The van der Waals surface area contributed by atoms with E-state index in [-0.39, 0.29) is 16.7 Å². The first-order valence-corrected chi connectivity index (χ1v) is 9.29. The summed E-state index contributed by atoms with van der Waals surface area (Å²) in [6.45, 7) is 5.93. The summed E-state index contributed by atoms with van der Waals surface area (Å²) in [5.74, 6) is 2.63. The zero-order valence-corrected chi connectivity index (χ0v) is 15.7. The molecule has 27 heavy (non-hydrogen) atoms. The molecule has 0 saturated heterocycles. The van der Waals surface area contributed by atoms with E-state index in [0.717, 1.165) is 49.6 Å². The number of aliphatic imine (C=N–C) groups is 1. The molecule has 0 aliphatic carbocycles. The second kappa shape index (κ2) is 8.61. The minimum absolute atomic E-state index is 0.0818. The number of benzene rings is 1. The Morgan fingerprint density at radius 1 is 1.44 bits per heavy atom. The molecule has 0 fully saturated rings. The van der Waals surface area contributed by atoms with Crippen molar-refractivity contribution < 1.29 is 4.92 Å². The fourth-order valence-electron chi connectivity index (χ4n) is 3.08. The molecule has 2 N–H and O–H groups in total. The first kappa shape index (κ1) is 18.8. The quantitative estimate of drug-likeness (QED) is 0.347. The molecule has 1 atom stereocenters. The smallest absolute Gasteiger partial charge is 0.269 e. The van der Waals surface area contributed by atoms with Crippen LogP contribution in [0.1, 0.15) is 37.5 Å². The predicted molar refractivity (Wildman–Crippen MR) is 103 cm³/mol. The van der Waals surface area contributed by atoms with Gasteiger partial charge in [-0.1, -0.05) is 19.1 Å². The Bertz CT molecular complexity index is 831. The van der Waals surface area contributed by atoms with Crippen molar-refractivity contribution in [3.05, 3.63) is 51.6 Å². The molecule has 1 aliphatic rings. The molecular weight excluding hydrogens is 346 g/mol. The maximum absolute atomic E-state index is 10.9. The number of guanidine groups is 1. The van der Waals surface area contributed by atoms with E-state index >= 15 is 0 Å². The predicted octanol–water partition coefficient (Wildman–Crippen LogP) is 1.82. The molecule has 1 unspecified atom stereocenters. The average molecular weight is 371 g/mol. The standard InChI is InChI=1S/C18H25N7O2/c1-3-16-22-17-9-8-14(12-24(17)23-16)21-18(19-4-2)20-11-13-6-5-7-15(10-13)25(26)27/h5-7,10,14H,3-4,8-9,11-12H2,1-2H3,(H2,19,20,21). The molecule has 2 aromatic rings. The third kappa shape index (κ3) is 4.81. The van der Waals surface area contributed by atoms with Crippen LogP contribution in [0.5, 0.6) is 0 Å². The Morgan fingerprint density at radius 3 is 3.04 bits per heavy atom. The van der Waals surface area contributed by atoms with E-state index in [0.29, 0.717) is 12.5 Å². The summed E-state index contributed by atoms with van der Waals surface area (Å²) >= 11 is 0. The van der Waals surface area contributed by atoms with Crippen molar-refractivity contribution in [2.45, 2.75) is 52.2 Å². The molecule has 1 aromatic heterocycles. The Labute approximate surface area is 158 Å². The van der Waals surface area contributed by atoms with Gasteiger partial charge in [0.05, 0.1) is 18.0 Å². The van der Waals surface area contributed by atoms with Crippen molar-refractivity contribution >= 4 is 11.6 Å². The number of hydrogen-bond acceptors (Lipinski definition) is 5. The molecular formula is C18H25N7O2. The van der Waals surface area contributed by atoms with Crippen molar-refractivity contribution in [3.8, 4) is 0 Å². The minimum Gasteiger partial charge on any atom is -0.357 e. The highest BCUT2D eigenvalue weighted by Gasteiger charge is 2.22. The van der Waals surface area contributed by atoms with Crippen LogP contribution in [0, 0.1) is 10.1 Å². The highest BCUT2D eigenvalue weighted by atomic mass is 16.6. The Balaban J connectivity index is 1.66. The first-order valence-electron chi connectivity index (χ1n) is 9.29. The summed E-state index contributed by atoms with van der Waals surface area (Å²) < 4.78 is 1.98. The lowest BCUT2D eigenvalue weighted by molar-refractivity contribution is -0.384. The number of nitro groups is 1. The largest absolute Gasteiger partial charge is 0.357 e. The van der Waals surface area contributed by atoms with Gasteiger partial charge in [0.15, 0.2) is 11.8 Å². The molecule has 0 radical (unpaired) electrons. The number of nitrogens with one attached hydrogen (secondary N) is 2. The normalized spacial score (nSPS) is 16.7. The molecule has 2 heterocycles. The fourth-order valence-corrected chi connectivity index (χ4v) is 3.08. The summed E-state index contributed by atoms with van der Waals surface area (Å²) in [5, 5.41) is 22.1. The summed E-state index contributed by atoms with van der Waals surface area (Å²) in [7, 11) is 0. The van der Waals surface area contributed by atoms with Gasteiger partial charge in [0.1, 0.15) is 5.82 Å². The number of nitro benzene ring substituents is 1. The summed E-state index contributed by atoms with van der Waals surface area (Å²) in [6, 6.07) is 6.78. The molecule has 0 amide bonds. The second-order valence-electron chi connectivity index (χ2n) is 6.48. The molecule has 3 rings (SSSR count). The van der Waals surface area contributed by atoms with Crippen molar-refractivity contribution in [3.63, 3.8) is 0 Å². The fraction of sp³-hybridized carbons (Fsp3) is 0.500. The van der Waals surface area contributed by atoms with Gasteiger partial charge in [0.2, 0.25) is 0 Å². The number of rotatable bonds is 6. The second-order valence-corrected chi connectivity index (χ2v) is 6.48. The monoisotopic (exact) mass is 371 g/mol. The van der Waals surface area contributed by atoms with E-state index in [1.807, 2.05) is 17.7 Å². The van der Waals surface area contributed by atoms with Gasteiger partial charge in [0.25, 0.3) is 5.69 Å². The van der Waals surface area contributed by atoms with Crippen molar-refractivity contribution in [2.75, 3.05) is 6.54 Å². The summed E-state index contributed by atoms with van der Waals surface area (Å²) in [6.07, 6.45) is 2.68. The molecule has 0 saturated carbocycles. The number of aryl methyl sites for hydroxylation is 2. The highest BCUT2D eigenvalue weighted by molar-refractivity contribution is 5.80. The zero-order valence-electron chi connectivity index (χ0n) is 15.7. The average Bonchev–Trinajstić information content (AvgIpc) is 3.09. The SMILES string of the molecule is CCNC(=NCc1cccc([N+](=O)[O-])c1)NC1CCc2nc(CC)nn2C1. The Morgan fingerprint density at radius 2 is 2.30 bits per heavy atom. The molecule has 144 valence electrons. The molecule has 0 spiro atoms.